The fraction of sp³-hybridized carbons (Fsp3) is 0.636. The van der Waals surface area contributed by atoms with Crippen LogP contribution in [0.15, 0.2) is 5.38 Å². The molecular formula is C11H15ClO2S. The zero-order chi connectivity index (χ0) is 10.8. The Balaban J connectivity index is 2.12. The topological polar surface area (TPSA) is 29.5 Å². The van der Waals surface area contributed by atoms with Crippen LogP contribution >= 0.6 is 22.9 Å². The molecule has 1 N–H and O–H groups in total. The van der Waals surface area contributed by atoms with Crippen molar-refractivity contribution in [3.8, 4) is 0 Å². The van der Waals surface area contributed by atoms with Crippen molar-refractivity contribution in [2.75, 3.05) is 13.2 Å². The number of hydrogen-bond donors (Lipinski definition) is 1. The van der Waals surface area contributed by atoms with Crippen LogP contribution in [0.3, 0.4) is 0 Å². The number of rotatable bonds is 2. The van der Waals surface area contributed by atoms with E-state index in [1.807, 2.05) is 12.3 Å². The van der Waals surface area contributed by atoms with E-state index in [0.717, 1.165) is 41.5 Å². The molecule has 0 aliphatic carbocycles. The molecule has 1 unspecified atom stereocenters. The summed E-state index contributed by atoms with van der Waals surface area (Å²) in [6.45, 7) is 3.48. The van der Waals surface area contributed by atoms with Crippen LogP contribution in [-0.4, -0.2) is 18.3 Å². The molecule has 1 aromatic heterocycles. The molecule has 1 atom stereocenters. The summed E-state index contributed by atoms with van der Waals surface area (Å²) in [5, 5.41) is 12.9. The third kappa shape index (κ3) is 2.36. The number of halogens is 1. The van der Waals surface area contributed by atoms with E-state index < -0.39 is 6.10 Å². The first-order valence-corrected chi connectivity index (χ1v) is 6.45. The Morgan fingerprint density at radius 3 is 2.73 bits per heavy atom. The van der Waals surface area contributed by atoms with Crippen molar-refractivity contribution in [2.45, 2.75) is 25.9 Å². The molecular weight excluding hydrogens is 232 g/mol. The van der Waals surface area contributed by atoms with E-state index in [-0.39, 0.29) is 0 Å². The van der Waals surface area contributed by atoms with Gasteiger partial charge >= 0.3 is 0 Å². The fourth-order valence-corrected chi connectivity index (χ4v) is 3.28. The van der Waals surface area contributed by atoms with Gasteiger partial charge < -0.3 is 9.84 Å². The van der Waals surface area contributed by atoms with Gasteiger partial charge in [-0.05, 0) is 36.6 Å². The summed E-state index contributed by atoms with van der Waals surface area (Å²) in [6.07, 6.45) is 1.43. The Morgan fingerprint density at radius 2 is 2.20 bits per heavy atom. The second-order valence-corrected chi connectivity index (χ2v) is 5.28. The van der Waals surface area contributed by atoms with E-state index in [1.54, 1.807) is 11.3 Å². The number of hydrogen-bond acceptors (Lipinski definition) is 3. The lowest BCUT2D eigenvalue weighted by molar-refractivity contribution is 0.00856. The summed E-state index contributed by atoms with van der Waals surface area (Å²) in [5.74, 6) is 0.300. The molecule has 0 aromatic carbocycles. The Morgan fingerprint density at radius 1 is 1.53 bits per heavy atom. The molecule has 2 heterocycles. The van der Waals surface area contributed by atoms with Gasteiger partial charge in [-0.1, -0.05) is 11.6 Å². The quantitative estimate of drug-likeness (QED) is 0.869. The zero-order valence-electron chi connectivity index (χ0n) is 8.70. The lowest BCUT2D eigenvalue weighted by Crippen LogP contribution is -2.21. The van der Waals surface area contributed by atoms with E-state index >= 15 is 0 Å². The second kappa shape index (κ2) is 4.83. The number of aryl methyl sites for hydroxylation is 1. The van der Waals surface area contributed by atoms with Gasteiger partial charge in [0.25, 0.3) is 0 Å². The van der Waals surface area contributed by atoms with Gasteiger partial charge in [-0.15, -0.1) is 11.3 Å². The molecule has 0 saturated carbocycles. The summed E-state index contributed by atoms with van der Waals surface area (Å²) in [4.78, 5) is 0.918. The highest BCUT2D eigenvalue weighted by Crippen LogP contribution is 2.38. The van der Waals surface area contributed by atoms with Gasteiger partial charge in [-0.2, -0.15) is 0 Å². The van der Waals surface area contributed by atoms with Crippen molar-refractivity contribution >= 4 is 22.9 Å². The lowest BCUT2D eigenvalue weighted by atomic mass is 9.93. The number of aliphatic hydroxyl groups is 1. The molecule has 2 nitrogen and oxygen atoms in total. The van der Waals surface area contributed by atoms with Crippen molar-refractivity contribution in [1.82, 2.24) is 0 Å². The number of ether oxygens (including phenoxy) is 1. The Kier molecular flexibility index (Phi) is 3.67. The van der Waals surface area contributed by atoms with E-state index in [4.69, 9.17) is 16.3 Å². The third-order valence-electron chi connectivity index (χ3n) is 2.91. The molecule has 0 bridgehead atoms. The maximum atomic E-state index is 10.2. The van der Waals surface area contributed by atoms with E-state index in [9.17, 15) is 5.11 Å². The molecule has 2 rings (SSSR count). The van der Waals surface area contributed by atoms with Gasteiger partial charge in [0, 0.05) is 13.2 Å². The molecule has 0 spiro atoms. The molecule has 84 valence electrons. The van der Waals surface area contributed by atoms with Crippen LogP contribution in [0.2, 0.25) is 5.02 Å². The summed E-state index contributed by atoms with van der Waals surface area (Å²) in [6, 6.07) is 0. The van der Waals surface area contributed by atoms with Crippen molar-refractivity contribution < 1.29 is 9.84 Å². The molecule has 4 heteroatoms. The average molecular weight is 247 g/mol. The predicted octanol–water partition coefficient (Wildman–Crippen LogP) is 3.17. The summed E-state index contributed by atoms with van der Waals surface area (Å²) in [7, 11) is 0. The van der Waals surface area contributed by atoms with Gasteiger partial charge in [-0.3, -0.25) is 0 Å². The lowest BCUT2D eigenvalue weighted by Gasteiger charge is -2.26. The first-order chi connectivity index (χ1) is 7.20. The van der Waals surface area contributed by atoms with Crippen LogP contribution < -0.4 is 0 Å². The molecule has 1 saturated heterocycles. The van der Waals surface area contributed by atoms with Crippen molar-refractivity contribution in [1.29, 1.82) is 0 Å². The van der Waals surface area contributed by atoms with Gasteiger partial charge in [0.1, 0.15) is 0 Å². The second-order valence-electron chi connectivity index (χ2n) is 3.99. The summed E-state index contributed by atoms with van der Waals surface area (Å²) < 4.78 is 5.28. The number of aliphatic hydroxyl groups excluding tert-OH is 1. The van der Waals surface area contributed by atoms with Crippen LogP contribution in [-0.2, 0) is 4.74 Å². The molecule has 1 aliphatic heterocycles. The fourth-order valence-electron chi connectivity index (χ4n) is 1.89. The first kappa shape index (κ1) is 11.4. The molecule has 1 fully saturated rings. The minimum atomic E-state index is -0.417. The van der Waals surface area contributed by atoms with Gasteiger partial charge in [0.15, 0.2) is 0 Å². The monoisotopic (exact) mass is 246 g/mol. The van der Waals surface area contributed by atoms with Crippen LogP contribution in [0.4, 0.5) is 0 Å². The van der Waals surface area contributed by atoms with Crippen LogP contribution in [0.1, 0.15) is 29.4 Å². The first-order valence-electron chi connectivity index (χ1n) is 5.19. The van der Waals surface area contributed by atoms with Crippen molar-refractivity contribution in [3.05, 3.63) is 20.8 Å². The van der Waals surface area contributed by atoms with Gasteiger partial charge in [0.2, 0.25) is 0 Å². The Hall–Kier alpha value is -0.0900. The predicted molar refractivity (Wildman–Crippen MR) is 62.6 cm³/mol. The normalized spacial score (nSPS) is 20.5. The maximum Gasteiger partial charge on any atom is 0.0926 e. The SMILES string of the molecule is Cc1csc(C(O)C2CCOCC2)c1Cl. The maximum absolute atomic E-state index is 10.2. The number of thiophene rings is 1. The minimum Gasteiger partial charge on any atom is -0.387 e. The van der Waals surface area contributed by atoms with Crippen LogP contribution in [0, 0.1) is 12.8 Å². The Bertz CT molecular complexity index is 331. The van der Waals surface area contributed by atoms with E-state index in [0.29, 0.717) is 5.92 Å². The summed E-state index contributed by atoms with van der Waals surface area (Å²) >= 11 is 7.70. The van der Waals surface area contributed by atoms with Crippen LogP contribution in [0.5, 0.6) is 0 Å². The minimum absolute atomic E-state index is 0.300. The summed E-state index contributed by atoms with van der Waals surface area (Å²) in [5.41, 5.74) is 1.06. The molecule has 1 aromatic rings. The van der Waals surface area contributed by atoms with E-state index in [2.05, 4.69) is 0 Å². The Labute approximate surface area is 98.8 Å². The van der Waals surface area contributed by atoms with Crippen molar-refractivity contribution in [3.63, 3.8) is 0 Å². The third-order valence-corrected chi connectivity index (χ3v) is 4.69. The van der Waals surface area contributed by atoms with Crippen LogP contribution in [0.25, 0.3) is 0 Å². The van der Waals surface area contributed by atoms with Gasteiger partial charge in [0.05, 0.1) is 16.0 Å². The zero-order valence-corrected chi connectivity index (χ0v) is 10.3. The molecule has 0 radical (unpaired) electrons. The van der Waals surface area contributed by atoms with Gasteiger partial charge in [-0.25, -0.2) is 0 Å². The highest BCUT2D eigenvalue weighted by Gasteiger charge is 2.26. The van der Waals surface area contributed by atoms with E-state index in [1.165, 1.54) is 0 Å². The molecule has 1 aliphatic rings. The highest BCUT2D eigenvalue weighted by atomic mass is 35.5. The largest absolute Gasteiger partial charge is 0.387 e. The highest BCUT2D eigenvalue weighted by molar-refractivity contribution is 7.10. The van der Waals surface area contributed by atoms with Crippen molar-refractivity contribution in [2.24, 2.45) is 5.92 Å². The smallest absolute Gasteiger partial charge is 0.0926 e. The molecule has 15 heavy (non-hydrogen) atoms. The standard InChI is InChI=1S/C11H15ClO2S/c1-7-6-15-11(9(7)12)10(13)8-2-4-14-5-3-8/h6,8,10,13H,2-5H2,1H3. The molecule has 0 amide bonds. The average Bonchev–Trinajstić information content (AvgIpc) is 2.60.